The summed E-state index contributed by atoms with van der Waals surface area (Å²) < 4.78 is 19.5. The number of halogens is 2. The van der Waals surface area contributed by atoms with Gasteiger partial charge < -0.3 is 9.73 Å². The van der Waals surface area contributed by atoms with Crippen molar-refractivity contribution in [1.82, 2.24) is 10.3 Å². The molecular formula is C24H24ClFN2O4. The van der Waals surface area contributed by atoms with Crippen LogP contribution in [0.5, 0.6) is 0 Å². The average Bonchev–Trinajstić information content (AvgIpc) is 3.26. The first-order valence-electron chi connectivity index (χ1n) is 10.2. The van der Waals surface area contributed by atoms with E-state index >= 15 is 0 Å². The lowest BCUT2D eigenvalue weighted by Crippen LogP contribution is -2.36. The Morgan fingerprint density at radius 3 is 2.47 bits per heavy atom. The Hall–Kier alpha value is -3.28. The third-order valence-corrected chi connectivity index (χ3v) is 4.96. The van der Waals surface area contributed by atoms with Crippen LogP contribution in [0, 0.1) is 5.82 Å². The molecular weight excluding hydrogens is 435 g/mol. The van der Waals surface area contributed by atoms with Crippen LogP contribution < -0.4 is 5.32 Å². The molecule has 0 saturated carbocycles. The summed E-state index contributed by atoms with van der Waals surface area (Å²) >= 11 is 5.99. The molecule has 1 atom stereocenters. The summed E-state index contributed by atoms with van der Waals surface area (Å²) in [6.07, 6.45) is 4.81. The summed E-state index contributed by atoms with van der Waals surface area (Å²) in [6.45, 7) is 4.00. The van der Waals surface area contributed by atoms with Gasteiger partial charge in [0.15, 0.2) is 5.89 Å². The smallest absolute Gasteiger partial charge is 0.373 e. The maximum Gasteiger partial charge on any atom is 0.373 e. The normalized spacial score (nSPS) is 11.1. The average molecular weight is 459 g/mol. The summed E-state index contributed by atoms with van der Waals surface area (Å²) in [5.74, 6) is 0.214. The van der Waals surface area contributed by atoms with E-state index in [9.17, 15) is 9.18 Å². The summed E-state index contributed by atoms with van der Waals surface area (Å²) in [7, 11) is 0. The largest absolute Gasteiger partial charge is 0.436 e. The van der Waals surface area contributed by atoms with Crippen LogP contribution in [0.3, 0.4) is 0 Å². The molecule has 1 heterocycles. The Balaban J connectivity index is 0.00000114. The number of hydrogen-bond acceptors (Lipinski definition) is 5. The number of hydrogen-bond donors (Lipinski definition) is 1. The summed E-state index contributed by atoms with van der Waals surface area (Å²) in [6, 6.07) is 12.1. The van der Waals surface area contributed by atoms with Gasteiger partial charge in [-0.2, -0.15) is 9.59 Å². The summed E-state index contributed by atoms with van der Waals surface area (Å²) in [5, 5.41) is 3.53. The van der Waals surface area contributed by atoms with Gasteiger partial charge in [-0.25, -0.2) is 9.37 Å². The fourth-order valence-corrected chi connectivity index (χ4v) is 3.40. The van der Waals surface area contributed by atoms with Crippen LogP contribution in [0.25, 0.3) is 11.1 Å². The predicted molar refractivity (Wildman–Crippen MR) is 118 cm³/mol. The lowest BCUT2D eigenvalue weighted by molar-refractivity contribution is -0.191. The van der Waals surface area contributed by atoms with Crippen LogP contribution in [0.4, 0.5) is 4.39 Å². The number of nitrogens with one attached hydrogen (secondary N) is 1. The Morgan fingerprint density at radius 2 is 1.88 bits per heavy atom. The molecule has 0 spiro atoms. The number of amides is 1. The summed E-state index contributed by atoms with van der Waals surface area (Å²) in [5.41, 5.74) is 2.29. The molecule has 3 aromatic rings. The minimum atomic E-state index is -0.309. The molecule has 0 fully saturated rings. The SMILES string of the molecule is CCC[C@@H](Cc1ccc(-c2cc(Cl)ccc2F)cc1)NC(=O)c1cnc(CC)o1.O=C=O. The first-order valence-corrected chi connectivity index (χ1v) is 10.6. The summed E-state index contributed by atoms with van der Waals surface area (Å²) in [4.78, 5) is 32.8. The van der Waals surface area contributed by atoms with Gasteiger partial charge in [0.2, 0.25) is 5.76 Å². The second-order valence-electron chi connectivity index (χ2n) is 7.04. The number of nitrogens with zero attached hydrogens (tertiary/aromatic N) is 1. The van der Waals surface area contributed by atoms with Crippen LogP contribution >= 0.6 is 11.6 Å². The fraction of sp³-hybridized carbons (Fsp3) is 0.292. The number of carbonyl (C=O) groups excluding carboxylic acids is 3. The van der Waals surface area contributed by atoms with Crippen LogP contribution in [-0.2, 0) is 22.4 Å². The monoisotopic (exact) mass is 458 g/mol. The topological polar surface area (TPSA) is 89.3 Å². The maximum absolute atomic E-state index is 14.1. The lowest BCUT2D eigenvalue weighted by Gasteiger charge is -2.18. The van der Waals surface area contributed by atoms with E-state index in [0.717, 1.165) is 24.0 Å². The van der Waals surface area contributed by atoms with E-state index in [-0.39, 0.29) is 29.7 Å². The van der Waals surface area contributed by atoms with E-state index in [0.29, 0.717) is 29.3 Å². The standard InChI is InChI=1S/C23H24ClFN2O2.CO2/c1-3-5-18(27-23(28)21-14-26-22(4-2)29-21)12-15-6-8-16(9-7-15)19-13-17(24)10-11-20(19)25;2-1-3/h6-11,13-14,18H,3-5,12H2,1-2H3,(H,27,28);/t18-;/m0./s1. The second-order valence-corrected chi connectivity index (χ2v) is 7.48. The molecule has 0 bridgehead atoms. The molecule has 0 unspecified atom stereocenters. The molecule has 1 N–H and O–H groups in total. The molecule has 0 aliphatic rings. The number of oxazole rings is 1. The van der Waals surface area contributed by atoms with Crippen molar-refractivity contribution in [2.24, 2.45) is 0 Å². The molecule has 6 nitrogen and oxygen atoms in total. The van der Waals surface area contributed by atoms with Crippen molar-refractivity contribution in [3.63, 3.8) is 0 Å². The van der Waals surface area contributed by atoms with Gasteiger partial charge in [0, 0.05) is 23.0 Å². The van der Waals surface area contributed by atoms with Gasteiger partial charge in [0.1, 0.15) is 5.82 Å². The number of rotatable bonds is 8. The van der Waals surface area contributed by atoms with Crippen molar-refractivity contribution in [3.8, 4) is 11.1 Å². The highest BCUT2D eigenvalue weighted by atomic mass is 35.5. The third-order valence-electron chi connectivity index (χ3n) is 4.73. The van der Waals surface area contributed by atoms with Crippen molar-refractivity contribution in [3.05, 3.63) is 76.7 Å². The zero-order valence-electron chi connectivity index (χ0n) is 17.9. The van der Waals surface area contributed by atoms with Crippen LogP contribution in [0.2, 0.25) is 5.02 Å². The molecule has 3 rings (SSSR count). The molecule has 168 valence electrons. The van der Waals surface area contributed by atoms with Gasteiger partial charge in [-0.15, -0.1) is 0 Å². The van der Waals surface area contributed by atoms with Crippen LogP contribution in [-0.4, -0.2) is 23.1 Å². The quantitative estimate of drug-likeness (QED) is 0.497. The molecule has 2 aromatic carbocycles. The molecule has 0 aliphatic carbocycles. The highest BCUT2D eigenvalue weighted by Crippen LogP contribution is 2.26. The Kier molecular flexibility index (Phi) is 9.79. The minimum Gasteiger partial charge on any atom is -0.436 e. The highest BCUT2D eigenvalue weighted by molar-refractivity contribution is 6.30. The molecule has 8 heteroatoms. The second kappa shape index (κ2) is 12.5. The molecule has 0 saturated heterocycles. The van der Waals surface area contributed by atoms with Gasteiger partial charge >= 0.3 is 6.15 Å². The molecule has 1 amide bonds. The zero-order valence-corrected chi connectivity index (χ0v) is 18.6. The molecule has 0 radical (unpaired) electrons. The molecule has 0 aliphatic heterocycles. The Labute approximate surface area is 190 Å². The lowest BCUT2D eigenvalue weighted by atomic mass is 9.98. The fourth-order valence-electron chi connectivity index (χ4n) is 3.23. The van der Waals surface area contributed by atoms with E-state index in [4.69, 9.17) is 25.6 Å². The third kappa shape index (κ3) is 7.15. The van der Waals surface area contributed by atoms with Gasteiger partial charge in [-0.3, -0.25) is 4.79 Å². The van der Waals surface area contributed by atoms with Crippen molar-refractivity contribution in [1.29, 1.82) is 0 Å². The van der Waals surface area contributed by atoms with Gasteiger partial charge in [-0.05, 0) is 42.2 Å². The number of aromatic nitrogens is 1. The first kappa shape index (κ1) is 25.0. The Morgan fingerprint density at radius 1 is 1.19 bits per heavy atom. The van der Waals surface area contributed by atoms with E-state index < -0.39 is 0 Å². The molecule has 32 heavy (non-hydrogen) atoms. The number of aryl methyl sites for hydroxylation is 1. The van der Waals surface area contributed by atoms with Crippen molar-refractivity contribution in [2.45, 2.75) is 45.6 Å². The predicted octanol–water partition coefficient (Wildman–Crippen LogP) is 5.25. The van der Waals surface area contributed by atoms with Gasteiger partial charge in [0.05, 0.1) is 6.20 Å². The Bertz CT molecular complexity index is 1060. The van der Waals surface area contributed by atoms with E-state index in [1.54, 1.807) is 6.07 Å². The highest BCUT2D eigenvalue weighted by Gasteiger charge is 2.17. The van der Waals surface area contributed by atoms with Crippen LogP contribution in [0.15, 0.2) is 53.1 Å². The maximum atomic E-state index is 14.1. The van der Waals surface area contributed by atoms with E-state index in [1.807, 2.05) is 31.2 Å². The zero-order chi connectivity index (χ0) is 23.5. The number of benzene rings is 2. The minimum absolute atomic E-state index is 0.0311. The first-order chi connectivity index (χ1) is 15.4. The van der Waals surface area contributed by atoms with E-state index in [1.165, 1.54) is 18.3 Å². The number of carbonyl (C=O) groups is 1. The molecule has 1 aromatic heterocycles. The van der Waals surface area contributed by atoms with Gasteiger partial charge in [-0.1, -0.05) is 56.1 Å². The van der Waals surface area contributed by atoms with Gasteiger partial charge in [0.25, 0.3) is 5.91 Å². The van der Waals surface area contributed by atoms with Crippen molar-refractivity contribution < 1.29 is 23.2 Å². The van der Waals surface area contributed by atoms with E-state index in [2.05, 4.69) is 17.2 Å². The van der Waals surface area contributed by atoms with Crippen molar-refractivity contribution in [2.75, 3.05) is 0 Å². The van der Waals surface area contributed by atoms with Crippen LogP contribution in [0.1, 0.15) is 48.7 Å². The van der Waals surface area contributed by atoms with Crippen molar-refractivity contribution >= 4 is 23.7 Å².